The van der Waals surface area contributed by atoms with Crippen molar-refractivity contribution in [3.05, 3.63) is 68.2 Å². The van der Waals surface area contributed by atoms with E-state index in [0.29, 0.717) is 5.56 Å². The van der Waals surface area contributed by atoms with Gasteiger partial charge in [-0.3, -0.25) is 10.1 Å². The van der Waals surface area contributed by atoms with Crippen molar-refractivity contribution >= 4 is 35.1 Å². The topological polar surface area (TPSA) is 78.7 Å². The second-order valence-electron chi connectivity index (χ2n) is 5.12. The minimum Gasteiger partial charge on any atom is -0.422 e. The Balaban J connectivity index is 1.95. The number of benzene rings is 2. The molecule has 26 heavy (non-hydrogen) atoms. The molecule has 1 heterocycles. The molecular formula is C16H7ClF3NO5. The number of halogens is 4. The molecule has 0 bridgehead atoms. The molecule has 0 aliphatic carbocycles. The quantitative estimate of drug-likeness (QED) is 0.430. The smallest absolute Gasteiger partial charge is 0.422 e. The van der Waals surface area contributed by atoms with E-state index in [4.69, 9.17) is 16.3 Å². The number of rotatable bonds is 3. The van der Waals surface area contributed by atoms with Gasteiger partial charge in [0.15, 0.2) is 0 Å². The summed E-state index contributed by atoms with van der Waals surface area (Å²) in [5, 5.41) is 10.7. The number of carbonyl (C=O) groups is 1. The molecule has 0 saturated heterocycles. The largest absolute Gasteiger partial charge is 0.573 e. The maximum atomic E-state index is 12.2. The lowest BCUT2D eigenvalue weighted by molar-refractivity contribution is -0.384. The highest BCUT2D eigenvalue weighted by Crippen LogP contribution is 2.35. The van der Waals surface area contributed by atoms with Gasteiger partial charge in [0.25, 0.3) is 5.69 Å². The van der Waals surface area contributed by atoms with Crippen LogP contribution in [0.1, 0.15) is 21.5 Å². The molecule has 1 aliphatic heterocycles. The number of ether oxygens (including phenoxy) is 2. The Kier molecular flexibility index (Phi) is 4.33. The van der Waals surface area contributed by atoms with E-state index in [-0.39, 0.29) is 27.6 Å². The van der Waals surface area contributed by atoms with E-state index in [1.807, 2.05) is 0 Å². The second kappa shape index (κ2) is 6.34. The average molecular weight is 386 g/mol. The van der Waals surface area contributed by atoms with E-state index in [1.54, 1.807) is 0 Å². The van der Waals surface area contributed by atoms with Crippen molar-refractivity contribution in [2.24, 2.45) is 0 Å². The number of cyclic esters (lactones) is 1. The highest BCUT2D eigenvalue weighted by molar-refractivity contribution is 6.32. The fourth-order valence-electron chi connectivity index (χ4n) is 2.31. The van der Waals surface area contributed by atoms with Crippen molar-refractivity contribution in [3.8, 4) is 5.75 Å². The monoisotopic (exact) mass is 385 g/mol. The SMILES string of the molecule is O=C1OC(=Cc2ccc(OC(F)(F)F)cc2Cl)c2ccc([N+](=O)[O-])cc21. The zero-order valence-corrected chi connectivity index (χ0v) is 13.3. The van der Waals surface area contributed by atoms with Crippen LogP contribution < -0.4 is 4.74 Å². The molecule has 2 aromatic rings. The maximum absolute atomic E-state index is 12.2. The van der Waals surface area contributed by atoms with Crippen LogP contribution in [0, 0.1) is 10.1 Å². The Hall–Kier alpha value is -3.07. The second-order valence-corrected chi connectivity index (χ2v) is 5.52. The van der Waals surface area contributed by atoms with Crippen LogP contribution in [0.2, 0.25) is 5.02 Å². The van der Waals surface area contributed by atoms with Crippen LogP contribution in [-0.2, 0) is 4.74 Å². The van der Waals surface area contributed by atoms with Gasteiger partial charge in [-0.05, 0) is 35.9 Å². The van der Waals surface area contributed by atoms with E-state index < -0.39 is 23.0 Å². The van der Waals surface area contributed by atoms with Gasteiger partial charge in [-0.15, -0.1) is 13.2 Å². The van der Waals surface area contributed by atoms with Gasteiger partial charge in [0.2, 0.25) is 0 Å². The van der Waals surface area contributed by atoms with Gasteiger partial charge >= 0.3 is 12.3 Å². The summed E-state index contributed by atoms with van der Waals surface area (Å²) in [5.41, 5.74) is 0.328. The fraction of sp³-hybridized carbons (Fsp3) is 0.0625. The average Bonchev–Trinajstić information content (AvgIpc) is 2.84. The molecule has 0 spiro atoms. The van der Waals surface area contributed by atoms with Gasteiger partial charge in [-0.2, -0.15) is 0 Å². The highest BCUT2D eigenvalue weighted by atomic mass is 35.5. The molecule has 0 fully saturated rings. The van der Waals surface area contributed by atoms with Crippen molar-refractivity contribution in [3.63, 3.8) is 0 Å². The van der Waals surface area contributed by atoms with Crippen LogP contribution >= 0.6 is 11.6 Å². The molecule has 0 N–H and O–H groups in total. The van der Waals surface area contributed by atoms with Gasteiger partial charge in [0.05, 0.1) is 15.5 Å². The minimum absolute atomic E-state index is 0.0126. The van der Waals surface area contributed by atoms with E-state index in [0.717, 1.165) is 18.2 Å². The Morgan fingerprint density at radius 1 is 1.15 bits per heavy atom. The Morgan fingerprint density at radius 2 is 1.88 bits per heavy atom. The van der Waals surface area contributed by atoms with Gasteiger partial charge in [0, 0.05) is 17.7 Å². The van der Waals surface area contributed by atoms with E-state index in [2.05, 4.69) is 4.74 Å². The van der Waals surface area contributed by atoms with Crippen molar-refractivity contribution < 1.29 is 32.4 Å². The summed E-state index contributed by atoms with van der Waals surface area (Å²) in [6, 6.07) is 6.91. The number of carbonyl (C=O) groups excluding carboxylic acids is 1. The van der Waals surface area contributed by atoms with Crippen LogP contribution in [0.4, 0.5) is 18.9 Å². The maximum Gasteiger partial charge on any atom is 0.573 e. The number of non-ortho nitro benzene ring substituents is 1. The first-order valence-corrected chi connectivity index (χ1v) is 7.30. The first-order chi connectivity index (χ1) is 12.1. The number of alkyl halides is 3. The fourth-order valence-corrected chi connectivity index (χ4v) is 2.53. The van der Waals surface area contributed by atoms with Crippen molar-refractivity contribution in [1.82, 2.24) is 0 Å². The molecule has 0 saturated carbocycles. The number of fused-ring (bicyclic) bond motifs is 1. The number of nitro groups is 1. The third-order valence-electron chi connectivity index (χ3n) is 3.39. The number of esters is 1. The Labute approximate surface area is 148 Å². The van der Waals surface area contributed by atoms with E-state index in [9.17, 15) is 28.1 Å². The lowest BCUT2D eigenvalue weighted by atomic mass is 10.1. The van der Waals surface area contributed by atoms with Crippen LogP contribution in [0.15, 0.2) is 36.4 Å². The van der Waals surface area contributed by atoms with Crippen LogP contribution in [0.3, 0.4) is 0 Å². The van der Waals surface area contributed by atoms with Crippen molar-refractivity contribution in [1.29, 1.82) is 0 Å². The molecule has 1 aliphatic rings. The summed E-state index contributed by atoms with van der Waals surface area (Å²) in [6.07, 6.45) is -3.51. The molecule has 0 atom stereocenters. The lowest BCUT2D eigenvalue weighted by Gasteiger charge is -2.10. The first-order valence-electron chi connectivity index (χ1n) is 6.92. The Morgan fingerprint density at radius 3 is 2.50 bits per heavy atom. The molecule has 0 aromatic heterocycles. The van der Waals surface area contributed by atoms with Crippen LogP contribution in [-0.4, -0.2) is 17.3 Å². The van der Waals surface area contributed by atoms with Crippen LogP contribution in [0.5, 0.6) is 5.75 Å². The molecule has 0 amide bonds. The molecule has 6 nitrogen and oxygen atoms in total. The number of nitrogens with zero attached hydrogens (tertiary/aromatic N) is 1. The summed E-state index contributed by atoms with van der Waals surface area (Å²) >= 11 is 5.95. The van der Waals surface area contributed by atoms with Crippen molar-refractivity contribution in [2.45, 2.75) is 6.36 Å². The first kappa shape index (κ1) is 17.7. The van der Waals surface area contributed by atoms with Gasteiger partial charge in [-0.1, -0.05) is 11.6 Å². The lowest BCUT2D eigenvalue weighted by Crippen LogP contribution is -2.17. The van der Waals surface area contributed by atoms with E-state index >= 15 is 0 Å². The van der Waals surface area contributed by atoms with Crippen molar-refractivity contribution in [2.75, 3.05) is 0 Å². The zero-order chi connectivity index (χ0) is 19.1. The zero-order valence-electron chi connectivity index (χ0n) is 12.5. The minimum atomic E-state index is -4.85. The molecule has 10 heteroatoms. The summed E-state index contributed by atoms with van der Waals surface area (Å²) in [7, 11) is 0. The van der Waals surface area contributed by atoms with Crippen LogP contribution in [0.25, 0.3) is 11.8 Å². The normalized spacial score (nSPS) is 14.9. The van der Waals surface area contributed by atoms with Gasteiger partial charge < -0.3 is 9.47 Å². The predicted molar refractivity (Wildman–Crippen MR) is 84.5 cm³/mol. The molecule has 3 rings (SSSR count). The third kappa shape index (κ3) is 3.62. The summed E-state index contributed by atoms with van der Waals surface area (Å²) in [5.74, 6) is -1.20. The number of nitro benzene ring substituents is 1. The summed E-state index contributed by atoms with van der Waals surface area (Å²) < 4.78 is 45.5. The van der Waals surface area contributed by atoms with Gasteiger partial charge in [-0.25, -0.2) is 4.79 Å². The van der Waals surface area contributed by atoms with Gasteiger partial charge in [0.1, 0.15) is 11.5 Å². The molecule has 0 radical (unpaired) electrons. The summed E-state index contributed by atoms with van der Waals surface area (Å²) in [6.45, 7) is 0. The molecule has 0 unspecified atom stereocenters. The third-order valence-corrected chi connectivity index (χ3v) is 3.72. The molecule has 2 aromatic carbocycles. The standard InChI is InChI=1S/C16H7ClF3NO5/c17-13-7-10(26-16(18,19)20)3-1-8(13)5-14-11-4-2-9(21(23)24)6-12(11)15(22)25-14/h1-7H. The number of hydrogen-bond donors (Lipinski definition) is 0. The molecular weight excluding hydrogens is 379 g/mol. The number of hydrogen-bond acceptors (Lipinski definition) is 5. The van der Waals surface area contributed by atoms with E-state index in [1.165, 1.54) is 24.3 Å². The predicted octanol–water partition coefficient (Wildman–Crippen LogP) is 4.82. The Bertz CT molecular complexity index is 955. The summed E-state index contributed by atoms with van der Waals surface area (Å²) in [4.78, 5) is 22.0. The molecule has 134 valence electrons. The highest BCUT2D eigenvalue weighted by Gasteiger charge is 2.31.